The molecular formula is C24H28ClN5O2S. The Balaban J connectivity index is 1.18. The lowest BCUT2D eigenvalue weighted by Gasteiger charge is -2.34. The second-order valence-corrected chi connectivity index (χ2v) is 9.34. The molecule has 174 valence electrons. The van der Waals surface area contributed by atoms with Crippen molar-refractivity contribution >= 4 is 29.3 Å². The highest BCUT2D eigenvalue weighted by atomic mass is 35.5. The average molecular weight is 486 g/mol. The van der Waals surface area contributed by atoms with Crippen LogP contribution in [0.15, 0.2) is 58.2 Å². The number of rotatable bonds is 9. The van der Waals surface area contributed by atoms with E-state index in [0.29, 0.717) is 22.7 Å². The molecule has 33 heavy (non-hydrogen) atoms. The topological polar surface area (TPSA) is 74.5 Å². The van der Waals surface area contributed by atoms with Gasteiger partial charge in [0, 0.05) is 49.9 Å². The van der Waals surface area contributed by atoms with Gasteiger partial charge in [0.25, 0.3) is 5.22 Å². The molecule has 0 atom stereocenters. The molecule has 1 aliphatic heterocycles. The highest BCUT2D eigenvalue weighted by molar-refractivity contribution is 7.99. The van der Waals surface area contributed by atoms with Crippen molar-refractivity contribution in [1.82, 2.24) is 25.3 Å². The summed E-state index contributed by atoms with van der Waals surface area (Å²) in [7, 11) is 0. The van der Waals surface area contributed by atoms with Crippen LogP contribution in [0.4, 0.5) is 0 Å². The smallest absolute Gasteiger partial charge is 0.277 e. The van der Waals surface area contributed by atoms with Crippen LogP contribution in [-0.4, -0.2) is 64.4 Å². The SMILES string of the molecule is CCN1CCN(Cc2ccc(CNC(=O)CSc3nnc(-c4ccc(Cl)cc4)o3)cc2)CC1. The van der Waals surface area contributed by atoms with Crippen molar-refractivity contribution in [3.05, 3.63) is 64.7 Å². The molecule has 2 aromatic carbocycles. The van der Waals surface area contributed by atoms with Gasteiger partial charge in [0.2, 0.25) is 11.8 Å². The molecule has 2 heterocycles. The van der Waals surface area contributed by atoms with Crippen molar-refractivity contribution < 1.29 is 9.21 Å². The predicted octanol–water partition coefficient (Wildman–Crippen LogP) is 3.94. The van der Waals surface area contributed by atoms with Gasteiger partial charge in [0.15, 0.2) is 0 Å². The van der Waals surface area contributed by atoms with Crippen LogP contribution in [0.5, 0.6) is 0 Å². The van der Waals surface area contributed by atoms with Gasteiger partial charge in [-0.15, -0.1) is 10.2 Å². The molecule has 0 aliphatic carbocycles. The summed E-state index contributed by atoms with van der Waals surface area (Å²) in [5, 5.41) is 12.0. The van der Waals surface area contributed by atoms with Crippen LogP contribution in [0, 0.1) is 0 Å². The van der Waals surface area contributed by atoms with Gasteiger partial charge < -0.3 is 14.6 Å². The fraction of sp³-hybridized carbons (Fsp3) is 0.375. The van der Waals surface area contributed by atoms with E-state index in [2.05, 4.69) is 56.5 Å². The summed E-state index contributed by atoms with van der Waals surface area (Å²) in [6.45, 7) is 9.34. The third-order valence-electron chi connectivity index (χ3n) is 5.66. The fourth-order valence-corrected chi connectivity index (χ4v) is 4.36. The Morgan fingerprint density at radius 2 is 1.67 bits per heavy atom. The first-order valence-electron chi connectivity index (χ1n) is 11.1. The van der Waals surface area contributed by atoms with E-state index in [-0.39, 0.29) is 11.7 Å². The zero-order valence-corrected chi connectivity index (χ0v) is 20.2. The predicted molar refractivity (Wildman–Crippen MR) is 131 cm³/mol. The molecule has 9 heteroatoms. The number of hydrogen-bond donors (Lipinski definition) is 1. The van der Waals surface area contributed by atoms with Crippen molar-refractivity contribution in [2.24, 2.45) is 0 Å². The molecule has 1 aliphatic rings. The molecular weight excluding hydrogens is 458 g/mol. The fourth-order valence-electron chi connectivity index (χ4n) is 3.64. The van der Waals surface area contributed by atoms with Crippen LogP contribution >= 0.6 is 23.4 Å². The Morgan fingerprint density at radius 1 is 1.00 bits per heavy atom. The van der Waals surface area contributed by atoms with Crippen molar-refractivity contribution in [2.75, 3.05) is 38.5 Å². The number of nitrogens with one attached hydrogen (secondary N) is 1. The number of amides is 1. The number of carbonyl (C=O) groups is 1. The molecule has 7 nitrogen and oxygen atoms in total. The third kappa shape index (κ3) is 7.04. The molecule has 1 saturated heterocycles. The highest BCUT2D eigenvalue weighted by Gasteiger charge is 2.15. The maximum atomic E-state index is 12.2. The summed E-state index contributed by atoms with van der Waals surface area (Å²) in [6, 6.07) is 15.6. The third-order valence-corrected chi connectivity index (χ3v) is 6.73. The molecule has 1 fully saturated rings. The van der Waals surface area contributed by atoms with Gasteiger partial charge in [-0.1, -0.05) is 54.6 Å². The molecule has 0 unspecified atom stereocenters. The standard InChI is InChI=1S/C24H28ClN5O2S/c1-2-29-11-13-30(14-12-29)16-19-5-3-18(4-6-19)15-26-22(31)17-33-24-28-27-23(32-24)20-7-9-21(25)10-8-20/h3-10H,2,11-17H2,1H3,(H,26,31). The summed E-state index contributed by atoms with van der Waals surface area (Å²) in [5.74, 6) is 0.537. The van der Waals surface area contributed by atoms with Gasteiger partial charge in [-0.2, -0.15) is 0 Å². The summed E-state index contributed by atoms with van der Waals surface area (Å²) < 4.78 is 5.62. The van der Waals surface area contributed by atoms with Crippen LogP contribution in [0.25, 0.3) is 11.5 Å². The van der Waals surface area contributed by atoms with E-state index in [1.165, 1.54) is 17.3 Å². The number of aromatic nitrogens is 2. The molecule has 0 saturated carbocycles. The molecule has 1 aromatic heterocycles. The van der Waals surface area contributed by atoms with Crippen LogP contribution in [-0.2, 0) is 17.9 Å². The Kier molecular flexibility index (Phi) is 8.39. The van der Waals surface area contributed by atoms with Crippen molar-refractivity contribution in [2.45, 2.75) is 25.2 Å². The second-order valence-electron chi connectivity index (χ2n) is 7.97. The van der Waals surface area contributed by atoms with Gasteiger partial charge in [-0.3, -0.25) is 9.69 Å². The minimum Gasteiger partial charge on any atom is -0.411 e. The number of hydrogen-bond acceptors (Lipinski definition) is 7. The molecule has 0 spiro atoms. The highest BCUT2D eigenvalue weighted by Crippen LogP contribution is 2.24. The Morgan fingerprint density at radius 3 is 2.36 bits per heavy atom. The van der Waals surface area contributed by atoms with E-state index in [4.69, 9.17) is 16.0 Å². The zero-order chi connectivity index (χ0) is 23.0. The zero-order valence-electron chi connectivity index (χ0n) is 18.7. The molecule has 1 amide bonds. The first kappa shape index (κ1) is 23.8. The van der Waals surface area contributed by atoms with Crippen LogP contribution < -0.4 is 5.32 Å². The first-order valence-corrected chi connectivity index (χ1v) is 12.5. The van der Waals surface area contributed by atoms with E-state index in [1.54, 1.807) is 12.1 Å². The lowest BCUT2D eigenvalue weighted by Crippen LogP contribution is -2.45. The molecule has 1 N–H and O–H groups in total. The van der Waals surface area contributed by atoms with E-state index >= 15 is 0 Å². The molecule has 0 radical (unpaired) electrons. The average Bonchev–Trinajstić information content (AvgIpc) is 3.32. The number of benzene rings is 2. The van der Waals surface area contributed by atoms with Crippen molar-refractivity contribution in [1.29, 1.82) is 0 Å². The van der Waals surface area contributed by atoms with E-state index in [1.807, 2.05) is 12.1 Å². The Hall–Kier alpha value is -2.39. The Bertz CT molecular complexity index is 1030. The molecule has 3 aromatic rings. The second kappa shape index (κ2) is 11.7. The lowest BCUT2D eigenvalue weighted by atomic mass is 10.1. The van der Waals surface area contributed by atoms with Gasteiger partial charge in [-0.05, 0) is 41.9 Å². The Labute approximate surface area is 203 Å². The number of piperazine rings is 1. The maximum Gasteiger partial charge on any atom is 0.277 e. The summed E-state index contributed by atoms with van der Waals surface area (Å²) in [5.41, 5.74) is 3.17. The quantitative estimate of drug-likeness (QED) is 0.460. The van der Waals surface area contributed by atoms with Gasteiger partial charge in [-0.25, -0.2) is 0 Å². The van der Waals surface area contributed by atoms with Crippen LogP contribution in [0.1, 0.15) is 18.1 Å². The van der Waals surface area contributed by atoms with Gasteiger partial charge in [0.05, 0.1) is 5.75 Å². The van der Waals surface area contributed by atoms with Crippen molar-refractivity contribution in [3.8, 4) is 11.5 Å². The molecule has 0 bridgehead atoms. The first-order chi connectivity index (χ1) is 16.1. The van der Waals surface area contributed by atoms with Gasteiger partial charge >= 0.3 is 0 Å². The monoisotopic (exact) mass is 485 g/mol. The lowest BCUT2D eigenvalue weighted by molar-refractivity contribution is -0.118. The minimum atomic E-state index is -0.0795. The minimum absolute atomic E-state index is 0.0795. The summed E-state index contributed by atoms with van der Waals surface area (Å²) in [6.07, 6.45) is 0. The van der Waals surface area contributed by atoms with Crippen LogP contribution in [0.3, 0.4) is 0 Å². The van der Waals surface area contributed by atoms with E-state index < -0.39 is 0 Å². The van der Waals surface area contributed by atoms with E-state index in [0.717, 1.165) is 50.4 Å². The maximum absolute atomic E-state index is 12.2. The number of nitrogens with zero attached hydrogens (tertiary/aromatic N) is 4. The van der Waals surface area contributed by atoms with E-state index in [9.17, 15) is 4.79 Å². The normalized spacial score (nSPS) is 15.0. The van der Waals surface area contributed by atoms with Crippen molar-refractivity contribution in [3.63, 3.8) is 0 Å². The molecule has 4 rings (SSSR count). The van der Waals surface area contributed by atoms with Gasteiger partial charge in [0.1, 0.15) is 0 Å². The largest absolute Gasteiger partial charge is 0.411 e. The number of likely N-dealkylation sites (N-methyl/N-ethyl adjacent to an activating group) is 1. The summed E-state index contributed by atoms with van der Waals surface area (Å²) >= 11 is 7.12. The summed E-state index contributed by atoms with van der Waals surface area (Å²) in [4.78, 5) is 17.2. The van der Waals surface area contributed by atoms with Crippen LogP contribution in [0.2, 0.25) is 5.02 Å². The number of halogens is 1. The number of carbonyl (C=O) groups excluding carboxylic acids is 1. The number of thioether (sulfide) groups is 1.